The summed E-state index contributed by atoms with van der Waals surface area (Å²) in [4.78, 5) is 10.5. The molecule has 5 nitrogen and oxygen atoms in total. The molecular weight excluding hydrogens is 256 g/mol. The summed E-state index contributed by atoms with van der Waals surface area (Å²) in [7, 11) is 0. The number of rotatable bonds is 4. The average molecular weight is 272 g/mol. The van der Waals surface area contributed by atoms with Gasteiger partial charge in [-0.2, -0.15) is 0 Å². The average Bonchev–Trinajstić information content (AvgIpc) is 2.93. The molecule has 0 unspecified atom stereocenters. The monoisotopic (exact) mass is 272 g/mol. The molecule has 2 aromatic rings. The van der Waals surface area contributed by atoms with Crippen molar-refractivity contribution in [2.75, 3.05) is 0 Å². The topological polar surface area (TPSA) is 76.2 Å². The van der Waals surface area contributed by atoms with E-state index in [2.05, 4.69) is 22.3 Å². The number of carbonyl (C=O) groups is 1. The van der Waals surface area contributed by atoms with Crippen LogP contribution in [0, 0.1) is 0 Å². The maximum absolute atomic E-state index is 10.5. The summed E-state index contributed by atoms with van der Waals surface area (Å²) < 4.78 is 5.53. The zero-order chi connectivity index (χ0) is 13.9. The molecule has 3 rings (SSSR count). The SMILES string of the molecule is O=C(O)CCc1nnc(-c2ccc3c(c2)CCCC3)o1. The minimum absolute atomic E-state index is 0.00577. The molecule has 0 saturated heterocycles. The van der Waals surface area contributed by atoms with Crippen LogP contribution in [0.2, 0.25) is 0 Å². The van der Waals surface area contributed by atoms with Gasteiger partial charge in [0.2, 0.25) is 11.8 Å². The van der Waals surface area contributed by atoms with Crippen molar-refractivity contribution in [3.63, 3.8) is 0 Å². The zero-order valence-corrected chi connectivity index (χ0v) is 11.1. The number of carboxylic acids is 1. The number of aliphatic carboxylic acids is 1. The summed E-state index contributed by atoms with van der Waals surface area (Å²) in [5, 5.41) is 16.5. The third-order valence-electron chi connectivity index (χ3n) is 3.62. The molecule has 104 valence electrons. The highest BCUT2D eigenvalue weighted by molar-refractivity contribution is 5.66. The maximum atomic E-state index is 10.5. The van der Waals surface area contributed by atoms with Gasteiger partial charge in [-0.25, -0.2) is 0 Å². The summed E-state index contributed by atoms with van der Waals surface area (Å²) >= 11 is 0. The fourth-order valence-corrected chi connectivity index (χ4v) is 2.55. The van der Waals surface area contributed by atoms with Crippen molar-refractivity contribution in [2.24, 2.45) is 0 Å². The van der Waals surface area contributed by atoms with E-state index >= 15 is 0 Å². The van der Waals surface area contributed by atoms with Crippen LogP contribution in [-0.2, 0) is 24.1 Å². The Morgan fingerprint density at radius 1 is 1.20 bits per heavy atom. The van der Waals surface area contributed by atoms with E-state index in [9.17, 15) is 4.79 Å². The van der Waals surface area contributed by atoms with Gasteiger partial charge in [-0.3, -0.25) is 4.79 Å². The van der Waals surface area contributed by atoms with Gasteiger partial charge in [0.1, 0.15) is 0 Å². The molecule has 1 aliphatic rings. The maximum Gasteiger partial charge on any atom is 0.303 e. The van der Waals surface area contributed by atoms with Crippen LogP contribution in [0.25, 0.3) is 11.5 Å². The molecule has 0 bridgehead atoms. The number of hydrogen-bond donors (Lipinski definition) is 1. The van der Waals surface area contributed by atoms with E-state index < -0.39 is 5.97 Å². The standard InChI is InChI=1S/C15H16N2O3/c18-14(19)8-7-13-16-17-15(20-13)12-6-5-10-3-1-2-4-11(10)9-12/h5-6,9H,1-4,7-8H2,(H,18,19). The van der Waals surface area contributed by atoms with Gasteiger partial charge in [-0.05, 0) is 48.9 Å². The first-order chi connectivity index (χ1) is 9.72. The normalized spacial score (nSPS) is 14.0. The van der Waals surface area contributed by atoms with Crippen LogP contribution in [0.5, 0.6) is 0 Å². The van der Waals surface area contributed by atoms with E-state index in [1.807, 2.05) is 6.07 Å². The van der Waals surface area contributed by atoms with Gasteiger partial charge in [0.05, 0.1) is 6.42 Å². The lowest BCUT2D eigenvalue weighted by atomic mass is 9.90. The molecule has 0 spiro atoms. The summed E-state index contributed by atoms with van der Waals surface area (Å²) in [5.41, 5.74) is 3.68. The second kappa shape index (κ2) is 5.45. The molecule has 20 heavy (non-hydrogen) atoms. The number of fused-ring (bicyclic) bond motifs is 1. The molecule has 0 fully saturated rings. The zero-order valence-electron chi connectivity index (χ0n) is 11.1. The summed E-state index contributed by atoms with van der Waals surface area (Å²) in [5.74, 6) is -0.0163. The van der Waals surface area contributed by atoms with Crippen molar-refractivity contribution in [3.8, 4) is 11.5 Å². The minimum Gasteiger partial charge on any atom is -0.481 e. The lowest BCUT2D eigenvalue weighted by Gasteiger charge is -2.15. The Morgan fingerprint density at radius 2 is 2.00 bits per heavy atom. The second-order valence-electron chi connectivity index (χ2n) is 5.09. The molecule has 0 saturated carbocycles. The van der Waals surface area contributed by atoms with Crippen molar-refractivity contribution in [3.05, 3.63) is 35.2 Å². The van der Waals surface area contributed by atoms with Gasteiger partial charge in [-0.1, -0.05) is 6.07 Å². The predicted molar refractivity (Wildman–Crippen MR) is 72.3 cm³/mol. The molecule has 1 aromatic heterocycles. The van der Waals surface area contributed by atoms with Crippen LogP contribution in [0.3, 0.4) is 0 Å². The molecule has 1 heterocycles. The molecule has 5 heteroatoms. The van der Waals surface area contributed by atoms with Crippen molar-refractivity contribution in [2.45, 2.75) is 38.5 Å². The fourth-order valence-electron chi connectivity index (χ4n) is 2.55. The van der Waals surface area contributed by atoms with Gasteiger partial charge in [0.15, 0.2) is 0 Å². The van der Waals surface area contributed by atoms with Crippen LogP contribution in [0.4, 0.5) is 0 Å². The van der Waals surface area contributed by atoms with E-state index in [0.717, 1.165) is 18.4 Å². The Morgan fingerprint density at radius 3 is 2.80 bits per heavy atom. The first-order valence-electron chi connectivity index (χ1n) is 6.89. The van der Waals surface area contributed by atoms with Crippen LogP contribution < -0.4 is 0 Å². The summed E-state index contributed by atoms with van der Waals surface area (Å²) in [6.45, 7) is 0. The first kappa shape index (κ1) is 12.8. The van der Waals surface area contributed by atoms with E-state index in [4.69, 9.17) is 9.52 Å². The van der Waals surface area contributed by atoms with E-state index in [1.165, 1.54) is 24.0 Å². The molecule has 0 aliphatic heterocycles. The lowest BCUT2D eigenvalue weighted by Crippen LogP contribution is -2.02. The highest BCUT2D eigenvalue weighted by Crippen LogP contribution is 2.26. The fraction of sp³-hybridized carbons (Fsp3) is 0.400. The molecule has 0 radical (unpaired) electrons. The Balaban J connectivity index is 1.80. The number of hydrogen-bond acceptors (Lipinski definition) is 4. The van der Waals surface area contributed by atoms with Gasteiger partial charge in [-0.15, -0.1) is 10.2 Å². The van der Waals surface area contributed by atoms with Gasteiger partial charge in [0.25, 0.3) is 0 Å². The third-order valence-corrected chi connectivity index (χ3v) is 3.62. The number of carboxylic acid groups (broad SMARTS) is 1. The molecule has 1 aromatic carbocycles. The van der Waals surface area contributed by atoms with E-state index in [0.29, 0.717) is 11.8 Å². The lowest BCUT2D eigenvalue weighted by molar-refractivity contribution is -0.137. The summed E-state index contributed by atoms with van der Waals surface area (Å²) in [6, 6.07) is 6.24. The minimum atomic E-state index is -0.862. The highest BCUT2D eigenvalue weighted by Gasteiger charge is 2.14. The van der Waals surface area contributed by atoms with E-state index in [1.54, 1.807) is 0 Å². The number of benzene rings is 1. The van der Waals surface area contributed by atoms with Crippen LogP contribution in [0.1, 0.15) is 36.3 Å². The molecule has 0 amide bonds. The van der Waals surface area contributed by atoms with Gasteiger partial charge < -0.3 is 9.52 Å². The quantitative estimate of drug-likeness (QED) is 0.925. The van der Waals surface area contributed by atoms with Gasteiger partial charge in [0, 0.05) is 12.0 Å². The van der Waals surface area contributed by atoms with E-state index in [-0.39, 0.29) is 12.8 Å². The number of aromatic nitrogens is 2. The van der Waals surface area contributed by atoms with Crippen LogP contribution >= 0.6 is 0 Å². The Kier molecular flexibility index (Phi) is 3.50. The van der Waals surface area contributed by atoms with Crippen molar-refractivity contribution in [1.29, 1.82) is 0 Å². The van der Waals surface area contributed by atoms with Crippen molar-refractivity contribution < 1.29 is 14.3 Å². The van der Waals surface area contributed by atoms with Crippen molar-refractivity contribution >= 4 is 5.97 Å². The molecular formula is C15H16N2O3. The largest absolute Gasteiger partial charge is 0.481 e. The van der Waals surface area contributed by atoms with Crippen LogP contribution in [0.15, 0.2) is 22.6 Å². The Bertz CT molecular complexity index is 634. The Labute approximate surface area is 116 Å². The molecule has 1 aliphatic carbocycles. The first-order valence-corrected chi connectivity index (χ1v) is 6.89. The molecule has 1 N–H and O–H groups in total. The van der Waals surface area contributed by atoms with Crippen molar-refractivity contribution in [1.82, 2.24) is 10.2 Å². The molecule has 0 atom stereocenters. The Hall–Kier alpha value is -2.17. The van der Waals surface area contributed by atoms with Crippen LogP contribution in [-0.4, -0.2) is 21.3 Å². The summed E-state index contributed by atoms with van der Waals surface area (Å²) in [6.07, 6.45) is 5.00. The number of nitrogens with zero attached hydrogens (tertiary/aromatic N) is 2. The predicted octanol–water partition coefficient (Wildman–Crippen LogP) is 2.63. The van der Waals surface area contributed by atoms with Gasteiger partial charge >= 0.3 is 5.97 Å². The second-order valence-corrected chi connectivity index (χ2v) is 5.09. The third kappa shape index (κ3) is 2.71. The smallest absolute Gasteiger partial charge is 0.303 e. The number of aryl methyl sites for hydroxylation is 3. The highest BCUT2D eigenvalue weighted by atomic mass is 16.4.